The van der Waals surface area contributed by atoms with Crippen LogP contribution in [0.1, 0.15) is 47.2 Å². The van der Waals surface area contributed by atoms with Gasteiger partial charge in [0.05, 0.1) is 16.6 Å². The van der Waals surface area contributed by atoms with Crippen LogP contribution in [0.15, 0.2) is 71.6 Å². The molecule has 0 saturated carbocycles. The summed E-state index contributed by atoms with van der Waals surface area (Å²) in [5, 5.41) is 3.04. The van der Waals surface area contributed by atoms with E-state index in [0.29, 0.717) is 12.1 Å². The van der Waals surface area contributed by atoms with Crippen molar-refractivity contribution in [1.29, 1.82) is 0 Å². The molecule has 3 rings (SSSR count). The molecule has 0 aliphatic rings. The van der Waals surface area contributed by atoms with E-state index < -0.39 is 10.0 Å². The minimum Gasteiger partial charge on any atom is -0.348 e. The van der Waals surface area contributed by atoms with E-state index in [0.717, 1.165) is 22.3 Å². The molecule has 33 heavy (non-hydrogen) atoms. The topological polar surface area (TPSA) is 66.5 Å². The van der Waals surface area contributed by atoms with E-state index in [1.165, 1.54) is 9.87 Å². The summed E-state index contributed by atoms with van der Waals surface area (Å²) in [7, 11) is -3.94. The number of nitrogens with zero attached hydrogens (tertiary/aromatic N) is 1. The number of anilines is 1. The normalized spacial score (nSPS) is 12.3. The standard InChI is InChI=1S/C27H32N2O3S/c1-6-25(23-14-13-20(3)22(5)17-23)28-27(30)18-29(26-10-8-7-9-21(26)4)33(31,32)24-15-11-19(2)12-16-24/h7-17,25H,6,18H2,1-5H3,(H,28,30). The Morgan fingerprint density at radius 3 is 2.15 bits per heavy atom. The van der Waals surface area contributed by atoms with Gasteiger partial charge in [0.2, 0.25) is 5.91 Å². The fourth-order valence-corrected chi connectivity index (χ4v) is 5.24. The number of benzene rings is 3. The number of hydrogen-bond acceptors (Lipinski definition) is 3. The first-order chi connectivity index (χ1) is 15.6. The molecule has 174 valence electrons. The average molecular weight is 465 g/mol. The van der Waals surface area contributed by atoms with E-state index in [9.17, 15) is 13.2 Å². The van der Waals surface area contributed by atoms with Crippen molar-refractivity contribution in [1.82, 2.24) is 5.32 Å². The molecular weight excluding hydrogens is 432 g/mol. The molecule has 0 aliphatic heterocycles. The fraction of sp³-hybridized carbons (Fsp3) is 0.296. The molecule has 0 bridgehead atoms. The van der Waals surface area contributed by atoms with Gasteiger partial charge in [-0.1, -0.05) is 61.0 Å². The highest BCUT2D eigenvalue weighted by Gasteiger charge is 2.29. The molecule has 1 unspecified atom stereocenters. The van der Waals surface area contributed by atoms with Gasteiger partial charge < -0.3 is 5.32 Å². The third-order valence-corrected chi connectivity index (χ3v) is 7.73. The third-order valence-electron chi connectivity index (χ3n) is 5.96. The van der Waals surface area contributed by atoms with Crippen molar-refractivity contribution in [3.63, 3.8) is 0 Å². The van der Waals surface area contributed by atoms with Crippen LogP contribution in [0.5, 0.6) is 0 Å². The summed E-state index contributed by atoms with van der Waals surface area (Å²) in [6.07, 6.45) is 0.698. The number of carbonyl (C=O) groups is 1. The Labute approximate surface area is 197 Å². The van der Waals surface area contributed by atoms with Gasteiger partial charge in [-0.25, -0.2) is 8.42 Å². The zero-order chi connectivity index (χ0) is 24.2. The van der Waals surface area contributed by atoms with Crippen LogP contribution in [-0.4, -0.2) is 20.9 Å². The van der Waals surface area contributed by atoms with Crippen LogP contribution in [0.3, 0.4) is 0 Å². The van der Waals surface area contributed by atoms with Gasteiger partial charge in [0.15, 0.2) is 0 Å². The minimum atomic E-state index is -3.94. The van der Waals surface area contributed by atoms with Crippen molar-refractivity contribution in [2.45, 2.75) is 52.0 Å². The molecule has 1 N–H and O–H groups in total. The number of rotatable bonds is 8. The highest BCUT2D eigenvalue weighted by molar-refractivity contribution is 7.92. The van der Waals surface area contributed by atoms with Gasteiger partial charge in [-0.05, 0) is 74.6 Å². The number of para-hydroxylation sites is 1. The summed E-state index contributed by atoms with van der Waals surface area (Å²) >= 11 is 0. The number of sulfonamides is 1. The molecule has 0 heterocycles. The van der Waals surface area contributed by atoms with Crippen LogP contribution in [0.4, 0.5) is 5.69 Å². The zero-order valence-electron chi connectivity index (χ0n) is 19.9. The maximum atomic E-state index is 13.6. The zero-order valence-corrected chi connectivity index (χ0v) is 20.7. The summed E-state index contributed by atoms with van der Waals surface area (Å²) < 4.78 is 28.4. The maximum absolute atomic E-state index is 13.6. The van der Waals surface area contributed by atoms with Gasteiger partial charge in [0, 0.05) is 0 Å². The maximum Gasteiger partial charge on any atom is 0.264 e. The molecule has 0 fully saturated rings. The second-order valence-corrected chi connectivity index (χ2v) is 10.3. The lowest BCUT2D eigenvalue weighted by atomic mass is 9.99. The second kappa shape index (κ2) is 10.2. The van der Waals surface area contributed by atoms with Gasteiger partial charge >= 0.3 is 0 Å². The minimum absolute atomic E-state index is 0.158. The first kappa shape index (κ1) is 24.5. The fourth-order valence-electron chi connectivity index (χ4n) is 3.75. The quantitative estimate of drug-likeness (QED) is 0.486. The second-order valence-electron chi connectivity index (χ2n) is 8.48. The Morgan fingerprint density at radius 1 is 0.879 bits per heavy atom. The van der Waals surface area contributed by atoms with Crippen molar-refractivity contribution < 1.29 is 13.2 Å². The van der Waals surface area contributed by atoms with Crippen molar-refractivity contribution >= 4 is 21.6 Å². The van der Waals surface area contributed by atoms with Crippen LogP contribution in [0.2, 0.25) is 0 Å². The molecule has 1 atom stereocenters. The number of nitrogens with one attached hydrogen (secondary N) is 1. The summed E-state index contributed by atoms with van der Waals surface area (Å²) in [5.41, 5.74) is 5.60. The molecule has 6 heteroatoms. The van der Waals surface area contributed by atoms with Crippen LogP contribution in [-0.2, 0) is 14.8 Å². The Bertz CT molecular complexity index is 1230. The third kappa shape index (κ3) is 5.63. The summed E-state index contributed by atoms with van der Waals surface area (Å²) in [6, 6.07) is 19.8. The Kier molecular flexibility index (Phi) is 7.59. The van der Waals surface area contributed by atoms with Crippen molar-refractivity contribution in [2.24, 2.45) is 0 Å². The number of aryl methyl sites for hydroxylation is 4. The summed E-state index contributed by atoms with van der Waals surface area (Å²) in [4.78, 5) is 13.3. The van der Waals surface area contributed by atoms with Crippen LogP contribution < -0.4 is 9.62 Å². The van der Waals surface area contributed by atoms with E-state index >= 15 is 0 Å². The summed E-state index contributed by atoms with van der Waals surface area (Å²) in [6.45, 7) is 9.54. The van der Waals surface area contributed by atoms with Crippen molar-refractivity contribution in [2.75, 3.05) is 10.8 Å². The largest absolute Gasteiger partial charge is 0.348 e. The van der Waals surface area contributed by atoms with Crippen molar-refractivity contribution in [3.05, 3.63) is 94.5 Å². The smallest absolute Gasteiger partial charge is 0.264 e. The van der Waals surface area contributed by atoms with E-state index in [-0.39, 0.29) is 23.4 Å². The highest BCUT2D eigenvalue weighted by atomic mass is 32.2. The molecule has 5 nitrogen and oxygen atoms in total. The molecule has 0 aromatic heterocycles. The number of carbonyl (C=O) groups excluding carboxylic acids is 1. The first-order valence-electron chi connectivity index (χ1n) is 11.1. The molecule has 0 saturated heterocycles. The van der Waals surface area contributed by atoms with Gasteiger partial charge in [-0.15, -0.1) is 0 Å². The number of amides is 1. The number of hydrogen-bond donors (Lipinski definition) is 1. The molecule has 3 aromatic rings. The van der Waals surface area contributed by atoms with E-state index in [1.807, 2.05) is 52.0 Å². The van der Waals surface area contributed by atoms with E-state index in [2.05, 4.69) is 18.3 Å². The van der Waals surface area contributed by atoms with Gasteiger partial charge in [0.1, 0.15) is 6.54 Å². The summed E-state index contributed by atoms with van der Waals surface area (Å²) in [5.74, 6) is -0.348. The predicted octanol–water partition coefficient (Wildman–Crippen LogP) is 5.38. The Morgan fingerprint density at radius 2 is 1.55 bits per heavy atom. The molecule has 1 amide bonds. The lowest BCUT2D eigenvalue weighted by Gasteiger charge is -2.27. The lowest BCUT2D eigenvalue weighted by molar-refractivity contribution is -0.120. The SMILES string of the molecule is CCC(NC(=O)CN(c1ccccc1C)S(=O)(=O)c1ccc(C)cc1)c1ccc(C)c(C)c1. The molecule has 3 aromatic carbocycles. The van der Waals surface area contributed by atoms with E-state index in [4.69, 9.17) is 0 Å². The molecular formula is C27H32N2O3S. The molecule has 0 radical (unpaired) electrons. The first-order valence-corrected chi connectivity index (χ1v) is 12.6. The van der Waals surface area contributed by atoms with Gasteiger partial charge in [-0.2, -0.15) is 0 Å². The van der Waals surface area contributed by atoms with E-state index in [1.54, 1.807) is 36.4 Å². The molecule has 0 spiro atoms. The van der Waals surface area contributed by atoms with Crippen LogP contribution in [0.25, 0.3) is 0 Å². The Balaban J connectivity index is 1.93. The average Bonchev–Trinajstić information content (AvgIpc) is 2.78. The van der Waals surface area contributed by atoms with Crippen LogP contribution >= 0.6 is 0 Å². The highest BCUT2D eigenvalue weighted by Crippen LogP contribution is 2.27. The van der Waals surface area contributed by atoms with Gasteiger partial charge in [-0.3, -0.25) is 9.10 Å². The van der Waals surface area contributed by atoms with Crippen molar-refractivity contribution in [3.8, 4) is 0 Å². The predicted molar refractivity (Wildman–Crippen MR) is 134 cm³/mol. The van der Waals surface area contributed by atoms with Gasteiger partial charge in [0.25, 0.3) is 10.0 Å². The Hall–Kier alpha value is -3.12. The monoisotopic (exact) mass is 464 g/mol. The van der Waals surface area contributed by atoms with Crippen LogP contribution in [0, 0.1) is 27.7 Å². The molecule has 0 aliphatic carbocycles. The lowest BCUT2D eigenvalue weighted by Crippen LogP contribution is -2.42.